The van der Waals surface area contributed by atoms with Gasteiger partial charge < -0.3 is 5.32 Å². The van der Waals surface area contributed by atoms with Crippen molar-refractivity contribution in [2.24, 2.45) is 0 Å². The number of thiazole rings is 1. The highest BCUT2D eigenvalue weighted by atomic mass is 32.1. The van der Waals surface area contributed by atoms with E-state index >= 15 is 0 Å². The third kappa shape index (κ3) is 2.89. The summed E-state index contributed by atoms with van der Waals surface area (Å²) in [6.45, 7) is -0.186. The van der Waals surface area contributed by atoms with Crippen molar-refractivity contribution in [3.05, 3.63) is 38.6 Å². The van der Waals surface area contributed by atoms with E-state index in [0.29, 0.717) is 10.1 Å². The molecule has 1 amide bonds. The third-order valence-electron chi connectivity index (χ3n) is 3.74. The van der Waals surface area contributed by atoms with Crippen molar-refractivity contribution in [2.45, 2.75) is 32.2 Å². The minimum Gasteiger partial charge on any atom is -0.300 e. The van der Waals surface area contributed by atoms with Crippen LogP contribution in [0.1, 0.15) is 23.4 Å². The topological polar surface area (TPSA) is 94.7 Å². The Morgan fingerprint density at radius 1 is 1.29 bits per heavy atom. The number of carbonyl (C=O) groups excluding carboxylic acids is 1. The molecule has 4 rings (SSSR count). The van der Waals surface area contributed by atoms with Crippen LogP contribution in [0.5, 0.6) is 0 Å². The second kappa shape index (κ2) is 6.29. The number of hydrogen-bond acceptors (Lipinski definition) is 7. The quantitative estimate of drug-likeness (QED) is 0.758. The number of nitrogens with zero attached hydrogens (tertiary/aromatic N) is 5. The van der Waals surface area contributed by atoms with Crippen molar-refractivity contribution in [1.82, 2.24) is 24.8 Å². The first-order valence-corrected chi connectivity index (χ1v) is 9.25. The van der Waals surface area contributed by atoms with Gasteiger partial charge in [-0.05, 0) is 53.6 Å². The highest BCUT2D eigenvalue weighted by Crippen LogP contribution is 2.29. The lowest BCUT2D eigenvalue weighted by Gasteiger charge is -2.06. The van der Waals surface area contributed by atoms with Crippen LogP contribution in [0.2, 0.25) is 0 Å². The molecular formula is C14H14N6O2S2. The zero-order valence-corrected chi connectivity index (χ0v) is 14.3. The van der Waals surface area contributed by atoms with Crippen LogP contribution in [0, 0.1) is 0 Å². The van der Waals surface area contributed by atoms with Gasteiger partial charge in [0, 0.05) is 4.88 Å². The van der Waals surface area contributed by atoms with Crippen LogP contribution in [0.4, 0.5) is 5.13 Å². The highest BCUT2D eigenvalue weighted by Gasteiger charge is 2.17. The molecule has 3 heterocycles. The summed E-state index contributed by atoms with van der Waals surface area (Å²) in [6.07, 6.45) is 4.31. The number of tetrazole rings is 1. The summed E-state index contributed by atoms with van der Waals surface area (Å²) in [7, 11) is 0. The molecule has 0 aromatic carbocycles. The molecular weight excluding hydrogens is 348 g/mol. The summed E-state index contributed by atoms with van der Waals surface area (Å²) in [5, 5.41) is 13.4. The normalized spacial score (nSPS) is 13.7. The Morgan fingerprint density at radius 2 is 2.17 bits per heavy atom. The van der Waals surface area contributed by atoms with Gasteiger partial charge in [-0.25, -0.2) is 9.78 Å². The summed E-state index contributed by atoms with van der Waals surface area (Å²) in [5.74, 6) is -0.332. The van der Waals surface area contributed by atoms with Crippen LogP contribution in [0.3, 0.4) is 0 Å². The average molecular weight is 362 g/mol. The summed E-state index contributed by atoms with van der Waals surface area (Å²) in [6, 6.07) is 3.59. The molecule has 10 heteroatoms. The SMILES string of the molecule is O=C(Cn1nnn(-c2cccs2)c1=O)Nc1nc2c(s1)CCCC2. The van der Waals surface area contributed by atoms with E-state index in [-0.39, 0.29) is 12.5 Å². The van der Waals surface area contributed by atoms with E-state index < -0.39 is 5.69 Å². The predicted molar refractivity (Wildman–Crippen MR) is 90.9 cm³/mol. The summed E-state index contributed by atoms with van der Waals surface area (Å²) >= 11 is 2.89. The fraction of sp³-hybridized carbons (Fsp3) is 0.357. The molecule has 24 heavy (non-hydrogen) atoms. The molecule has 0 aliphatic heterocycles. The Labute approximate surface area is 144 Å². The molecule has 8 nitrogen and oxygen atoms in total. The zero-order chi connectivity index (χ0) is 16.5. The van der Waals surface area contributed by atoms with Crippen molar-refractivity contribution < 1.29 is 4.79 Å². The van der Waals surface area contributed by atoms with Gasteiger partial charge in [0.15, 0.2) is 5.13 Å². The lowest BCUT2D eigenvalue weighted by molar-refractivity contribution is -0.117. The minimum absolute atomic E-state index is 0.186. The number of fused-ring (bicyclic) bond motifs is 1. The molecule has 0 atom stereocenters. The van der Waals surface area contributed by atoms with E-state index in [1.807, 2.05) is 11.4 Å². The van der Waals surface area contributed by atoms with E-state index in [9.17, 15) is 9.59 Å². The Morgan fingerprint density at radius 3 is 2.96 bits per heavy atom. The second-order valence-electron chi connectivity index (χ2n) is 5.43. The molecule has 0 saturated heterocycles. The Balaban J connectivity index is 1.47. The van der Waals surface area contributed by atoms with Crippen LogP contribution < -0.4 is 11.0 Å². The lowest BCUT2D eigenvalue weighted by atomic mass is 10.0. The number of hydrogen-bond donors (Lipinski definition) is 1. The number of aryl methyl sites for hydroxylation is 2. The monoisotopic (exact) mass is 362 g/mol. The van der Waals surface area contributed by atoms with Gasteiger partial charge in [-0.3, -0.25) is 4.79 Å². The molecule has 0 bridgehead atoms. The largest absolute Gasteiger partial charge is 0.369 e. The van der Waals surface area contributed by atoms with Gasteiger partial charge in [0.05, 0.1) is 5.69 Å². The second-order valence-corrected chi connectivity index (χ2v) is 7.44. The number of amides is 1. The van der Waals surface area contributed by atoms with Crippen molar-refractivity contribution in [2.75, 3.05) is 5.32 Å². The Kier molecular flexibility index (Phi) is 3.98. The maximum atomic E-state index is 12.2. The third-order valence-corrected chi connectivity index (χ3v) is 5.66. The molecule has 0 radical (unpaired) electrons. The predicted octanol–water partition coefficient (Wildman–Crippen LogP) is 1.46. The van der Waals surface area contributed by atoms with Crippen molar-refractivity contribution in [3.63, 3.8) is 0 Å². The molecule has 3 aromatic rings. The van der Waals surface area contributed by atoms with E-state index in [1.165, 1.54) is 38.7 Å². The maximum Gasteiger partial charge on any atom is 0.369 e. The van der Waals surface area contributed by atoms with Crippen LogP contribution in [-0.2, 0) is 24.2 Å². The summed E-state index contributed by atoms with van der Waals surface area (Å²) in [4.78, 5) is 30.1. The fourth-order valence-electron chi connectivity index (χ4n) is 2.60. The van der Waals surface area contributed by atoms with Crippen LogP contribution >= 0.6 is 22.7 Å². The van der Waals surface area contributed by atoms with E-state index in [0.717, 1.165) is 29.6 Å². The summed E-state index contributed by atoms with van der Waals surface area (Å²) in [5.41, 5.74) is 0.647. The molecule has 124 valence electrons. The number of thiophene rings is 1. The van der Waals surface area contributed by atoms with Gasteiger partial charge >= 0.3 is 5.69 Å². The molecule has 0 saturated carbocycles. The van der Waals surface area contributed by atoms with Crippen molar-refractivity contribution in [3.8, 4) is 5.00 Å². The zero-order valence-electron chi connectivity index (χ0n) is 12.6. The number of rotatable bonds is 4. The Hall–Kier alpha value is -2.33. The van der Waals surface area contributed by atoms with Gasteiger partial charge in [0.2, 0.25) is 5.91 Å². The molecule has 3 aromatic heterocycles. The molecule has 0 fully saturated rings. The lowest BCUT2D eigenvalue weighted by Crippen LogP contribution is -2.29. The average Bonchev–Trinajstić information content (AvgIpc) is 3.27. The van der Waals surface area contributed by atoms with Crippen molar-refractivity contribution >= 4 is 33.7 Å². The van der Waals surface area contributed by atoms with Crippen LogP contribution in [-0.4, -0.2) is 30.7 Å². The standard InChI is InChI=1S/C14H14N6O2S2/c21-11(16-13-15-9-4-1-2-5-10(9)24-13)8-19-14(22)20(18-17-19)12-6-3-7-23-12/h3,6-7H,1-2,4-5,8H2,(H,15,16,21). The highest BCUT2D eigenvalue weighted by molar-refractivity contribution is 7.15. The van der Waals surface area contributed by atoms with Gasteiger partial charge in [0.25, 0.3) is 0 Å². The molecule has 0 spiro atoms. The van der Waals surface area contributed by atoms with E-state index in [2.05, 4.69) is 20.7 Å². The minimum atomic E-state index is -0.439. The first kappa shape index (κ1) is 15.2. The Bertz CT molecular complexity index is 900. The first-order valence-electron chi connectivity index (χ1n) is 7.56. The van der Waals surface area contributed by atoms with Gasteiger partial charge in [-0.1, -0.05) is 0 Å². The van der Waals surface area contributed by atoms with Gasteiger partial charge in [0.1, 0.15) is 11.5 Å². The first-order chi connectivity index (χ1) is 11.7. The number of carbonyl (C=O) groups is 1. The molecule has 1 N–H and O–H groups in total. The molecule has 1 aliphatic carbocycles. The van der Waals surface area contributed by atoms with E-state index in [1.54, 1.807) is 6.07 Å². The smallest absolute Gasteiger partial charge is 0.300 e. The van der Waals surface area contributed by atoms with Crippen LogP contribution in [0.15, 0.2) is 22.3 Å². The fourth-order valence-corrected chi connectivity index (χ4v) is 4.34. The van der Waals surface area contributed by atoms with Crippen LogP contribution in [0.25, 0.3) is 5.00 Å². The molecule has 0 unspecified atom stereocenters. The number of anilines is 1. The number of nitrogens with one attached hydrogen (secondary N) is 1. The van der Waals surface area contributed by atoms with Crippen molar-refractivity contribution in [1.29, 1.82) is 0 Å². The maximum absolute atomic E-state index is 12.2. The van der Waals surface area contributed by atoms with Gasteiger partial charge in [-0.2, -0.15) is 9.36 Å². The number of aromatic nitrogens is 5. The molecule has 1 aliphatic rings. The van der Waals surface area contributed by atoms with Gasteiger partial charge in [-0.15, -0.1) is 22.7 Å². The summed E-state index contributed by atoms with van der Waals surface area (Å²) < 4.78 is 2.22. The van der Waals surface area contributed by atoms with E-state index in [4.69, 9.17) is 0 Å².